The molecule has 1 amide bonds. The summed E-state index contributed by atoms with van der Waals surface area (Å²) in [7, 11) is 1.29. The van der Waals surface area contributed by atoms with Gasteiger partial charge in [0.05, 0.1) is 13.5 Å². The summed E-state index contributed by atoms with van der Waals surface area (Å²) in [4.78, 5) is 23.1. The molecule has 1 N–H and O–H groups in total. The zero-order valence-electron chi connectivity index (χ0n) is 12.3. The SMILES string of the molecule is COC(=O)CC(C)NC(=O)c1ccc(-c2ccc(F)cc2)o1. The maximum absolute atomic E-state index is 12.9. The molecule has 1 aromatic heterocycles. The Balaban J connectivity index is 2.03. The Hall–Kier alpha value is -2.63. The Morgan fingerprint density at radius 3 is 2.55 bits per heavy atom. The number of nitrogens with one attached hydrogen (secondary N) is 1. The monoisotopic (exact) mass is 305 g/mol. The van der Waals surface area contributed by atoms with Crippen LogP contribution in [0.1, 0.15) is 23.9 Å². The smallest absolute Gasteiger partial charge is 0.307 e. The molecular weight excluding hydrogens is 289 g/mol. The second kappa shape index (κ2) is 6.89. The van der Waals surface area contributed by atoms with E-state index in [2.05, 4.69) is 10.1 Å². The molecule has 0 saturated heterocycles. The molecule has 0 aliphatic heterocycles. The number of ether oxygens (including phenoxy) is 1. The third-order valence-electron chi connectivity index (χ3n) is 3.04. The van der Waals surface area contributed by atoms with E-state index in [4.69, 9.17) is 4.42 Å². The van der Waals surface area contributed by atoms with Crippen molar-refractivity contribution in [2.75, 3.05) is 7.11 Å². The molecule has 6 heteroatoms. The topological polar surface area (TPSA) is 68.5 Å². The van der Waals surface area contributed by atoms with Crippen LogP contribution in [0, 0.1) is 5.82 Å². The van der Waals surface area contributed by atoms with Gasteiger partial charge < -0.3 is 14.5 Å². The number of rotatable bonds is 5. The first-order chi connectivity index (χ1) is 10.5. The highest BCUT2D eigenvalue weighted by molar-refractivity contribution is 5.92. The van der Waals surface area contributed by atoms with Gasteiger partial charge in [-0.2, -0.15) is 0 Å². The first-order valence-electron chi connectivity index (χ1n) is 6.73. The summed E-state index contributed by atoms with van der Waals surface area (Å²) in [6, 6.07) is 8.54. The van der Waals surface area contributed by atoms with Crippen LogP contribution in [0.2, 0.25) is 0 Å². The van der Waals surface area contributed by atoms with Gasteiger partial charge in [-0.15, -0.1) is 0 Å². The van der Waals surface area contributed by atoms with E-state index in [0.29, 0.717) is 11.3 Å². The van der Waals surface area contributed by atoms with Crippen LogP contribution in [-0.2, 0) is 9.53 Å². The molecule has 0 aliphatic rings. The van der Waals surface area contributed by atoms with Crippen LogP contribution in [0.15, 0.2) is 40.8 Å². The maximum Gasteiger partial charge on any atom is 0.307 e. The van der Waals surface area contributed by atoms with Crippen molar-refractivity contribution in [2.24, 2.45) is 0 Å². The van der Waals surface area contributed by atoms with Gasteiger partial charge in [-0.05, 0) is 43.3 Å². The summed E-state index contributed by atoms with van der Waals surface area (Å²) >= 11 is 0. The standard InChI is InChI=1S/C16H16FNO4/c1-10(9-15(19)21-2)18-16(20)14-8-7-13(22-14)11-3-5-12(17)6-4-11/h3-8,10H,9H2,1-2H3,(H,18,20). The van der Waals surface area contributed by atoms with Crippen LogP contribution in [0.4, 0.5) is 4.39 Å². The molecule has 1 unspecified atom stereocenters. The highest BCUT2D eigenvalue weighted by Crippen LogP contribution is 2.22. The lowest BCUT2D eigenvalue weighted by molar-refractivity contribution is -0.141. The van der Waals surface area contributed by atoms with Crippen LogP contribution in [0.25, 0.3) is 11.3 Å². The Morgan fingerprint density at radius 2 is 1.91 bits per heavy atom. The highest BCUT2D eigenvalue weighted by atomic mass is 19.1. The third-order valence-corrected chi connectivity index (χ3v) is 3.04. The number of hydrogen-bond acceptors (Lipinski definition) is 4. The van der Waals surface area contributed by atoms with Gasteiger partial charge in [0.2, 0.25) is 0 Å². The van der Waals surface area contributed by atoms with Gasteiger partial charge in [0.15, 0.2) is 5.76 Å². The van der Waals surface area contributed by atoms with Gasteiger partial charge in [0, 0.05) is 11.6 Å². The van der Waals surface area contributed by atoms with E-state index < -0.39 is 11.9 Å². The van der Waals surface area contributed by atoms with Gasteiger partial charge >= 0.3 is 5.97 Å². The molecule has 1 heterocycles. The van der Waals surface area contributed by atoms with Crippen molar-refractivity contribution in [3.05, 3.63) is 48.0 Å². The van der Waals surface area contributed by atoms with Crippen LogP contribution in [-0.4, -0.2) is 25.0 Å². The fourth-order valence-electron chi connectivity index (χ4n) is 1.91. The quantitative estimate of drug-likeness (QED) is 0.862. The van der Waals surface area contributed by atoms with E-state index >= 15 is 0 Å². The Kier molecular flexibility index (Phi) is 4.93. The number of amides is 1. The van der Waals surface area contributed by atoms with Gasteiger partial charge in [0.1, 0.15) is 11.6 Å². The summed E-state index contributed by atoms with van der Waals surface area (Å²) in [6.07, 6.45) is 0.0772. The molecule has 0 fully saturated rings. The fraction of sp³-hybridized carbons (Fsp3) is 0.250. The fourth-order valence-corrected chi connectivity index (χ4v) is 1.91. The first kappa shape index (κ1) is 15.8. The predicted octanol–water partition coefficient (Wildman–Crippen LogP) is 2.77. The second-order valence-corrected chi connectivity index (χ2v) is 4.83. The molecular formula is C16H16FNO4. The van der Waals surface area contributed by atoms with Crippen molar-refractivity contribution < 1.29 is 23.1 Å². The first-order valence-corrected chi connectivity index (χ1v) is 6.73. The van der Waals surface area contributed by atoms with Crippen molar-refractivity contribution >= 4 is 11.9 Å². The molecule has 1 atom stereocenters. The zero-order valence-corrected chi connectivity index (χ0v) is 12.3. The number of carbonyl (C=O) groups is 2. The molecule has 2 rings (SSSR count). The molecule has 0 bridgehead atoms. The number of furan rings is 1. The number of hydrogen-bond donors (Lipinski definition) is 1. The largest absolute Gasteiger partial charge is 0.469 e. The zero-order chi connectivity index (χ0) is 16.1. The average molecular weight is 305 g/mol. The molecule has 22 heavy (non-hydrogen) atoms. The summed E-state index contributed by atoms with van der Waals surface area (Å²) in [5.41, 5.74) is 0.669. The van der Waals surface area contributed by atoms with Gasteiger partial charge in [0.25, 0.3) is 5.91 Å². The van der Waals surface area contributed by atoms with Crippen molar-refractivity contribution in [3.63, 3.8) is 0 Å². The minimum atomic E-state index is -0.426. The summed E-state index contributed by atoms with van der Waals surface area (Å²) in [5.74, 6) is -0.587. The average Bonchev–Trinajstić information content (AvgIpc) is 2.97. The summed E-state index contributed by atoms with van der Waals surface area (Å²) in [5, 5.41) is 2.64. The predicted molar refractivity (Wildman–Crippen MR) is 77.7 cm³/mol. The Bertz CT molecular complexity index is 663. The third kappa shape index (κ3) is 3.94. The van der Waals surface area contributed by atoms with E-state index in [0.717, 1.165) is 0 Å². The number of benzene rings is 1. The molecule has 2 aromatic rings. The lowest BCUT2D eigenvalue weighted by Crippen LogP contribution is -2.34. The molecule has 0 aliphatic carbocycles. The molecule has 5 nitrogen and oxygen atoms in total. The summed E-state index contributed by atoms with van der Waals surface area (Å²) < 4.78 is 22.9. The van der Waals surface area contributed by atoms with E-state index in [1.54, 1.807) is 25.1 Å². The molecule has 0 radical (unpaired) electrons. The minimum Gasteiger partial charge on any atom is -0.469 e. The lowest BCUT2D eigenvalue weighted by Gasteiger charge is -2.11. The van der Waals surface area contributed by atoms with Crippen molar-refractivity contribution in [2.45, 2.75) is 19.4 Å². The second-order valence-electron chi connectivity index (χ2n) is 4.83. The van der Waals surface area contributed by atoms with Crippen molar-refractivity contribution in [1.82, 2.24) is 5.32 Å². The van der Waals surface area contributed by atoms with Crippen LogP contribution in [0.5, 0.6) is 0 Å². The Labute approximate surface area is 127 Å². The number of carbonyl (C=O) groups excluding carboxylic acids is 2. The van der Waals surface area contributed by atoms with E-state index in [1.165, 1.54) is 25.3 Å². The van der Waals surface area contributed by atoms with Crippen LogP contribution in [0.3, 0.4) is 0 Å². The van der Waals surface area contributed by atoms with Crippen LogP contribution < -0.4 is 5.32 Å². The van der Waals surface area contributed by atoms with Gasteiger partial charge in [-0.3, -0.25) is 9.59 Å². The number of esters is 1. The normalized spacial score (nSPS) is 11.8. The van der Waals surface area contributed by atoms with E-state index in [-0.39, 0.29) is 24.0 Å². The van der Waals surface area contributed by atoms with Gasteiger partial charge in [-0.1, -0.05) is 0 Å². The number of halogens is 1. The highest BCUT2D eigenvalue weighted by Gasteiger charge is 2.16. The summed E-state index contributed by atoms with van der Waals surface area (Å²) in [6.45, 7) is 1.69. The molecule has 1 aromatic carbocycles. The molecule has 0 saturated carbocycles. The van der Waals surface area contributed by atoms with Crippen LogP contribution >= 0.6 is 0 Å². The van der Waals surface area contributed by atoms with E-state index in [9.17, 15) is 14.0 Å². The van der Waals surface area contributed by atoms with Crippen molar-refractivity contribution in [3.8, 4) is 11.3 Å². The van der Waals surface area contributed by atoms with E-state index in [1.807, 2.05) is 0 Å². The molecule has 116 valence electrons. The minimum absolute atomic E-state index is 0.0772. The van der Waals surface area contributed by atoms with Crippen molar-refractivity contribution in [1.29, 1.82) is 0 Å². The number of methoxy groups -OCH3 is 1. The lowest BCUT2D eigenvalue weighted by atomic mass is 10.2. The molecule has 0 spiro atoms. The van der Waals surface area contributed by atoms with Gasteiger partial charge in [-0.25, -0.2) is 4.39 Å². The Morgan fingerprint density at radius 1 is 1.23 bits per heavy atom. The maximum atomic E-state index is 12.9.